The van der Waals surface area contributed by atoms with E-state index in [1.165, 1.54) is 0 Å². The van der Waals surface area contributed by atoms with Gasteiger partial charge in [-0.2, -0.15) is 5.10 Å². The standard InChI is InChI=1S/C10H13IN4/c1-10(2,3)15-9-7(8(12)14-15)4-6(11)5-13-9/h4-5H,1-3H3,(H2,12,14). The van der Waals surface area contributed by atoms with Gasteiger partial charge in [0.2, 0.25) is 0 Å². The Balaban J connectivity index is 2.79. The fourth-order valence-corrected chi connectivity index (χ4v) is 1.92. The SMILES string of the molecule is CC(C)(C)n1nc(N)c2cc(I)cnc21. The smallest absolute Gasteiger partial charge is 0.160 e. The van der Waals surface area contributed by atoms with E-state index in [9.17, 15) is 0 Å². The van der Waals surface area contributed by atoms with E-state index in [2.05, 4.69) is 53.4 Å². The number of rotatable bonds is 0. The normalized spacial score (nSPS) is 12.3. The topological polar surface area (TPSA) is 56.7 Å². The summed E-state index contributed by atoms with van der Waals surface area (Å²) in [6, 6.07) is 2.01. The fraction of sp³-hybridized carbons (Fsp3) is 0.400. The third kappa shape index (κ3) is 1.80. The summed E-state index contributed by atoms with van der Waals surface area (Å²) in [7, 11) is 0. The van der Waals surface area contributed by atoms with E-state index in [0.29, 0.717) is 5.82 Å². The van der Waals surface area contributed by atoms with Crippen molar-refractivity contribution >= 4 is 39.4 Å². The predicted molar refractivity (Wildman–Crippen MR) is 69.7 cm³/mol. The highest BCUT2D eigenvalue weighted by Gasteiger charge is 2.20. The summed E-state index contributed by atoms with van der Waals surface area (Å²) in [4.78, 5) is 4.38. The van der Waals surface area contributed by atoms with Crippen LogP contribution >= 0.6 is 22.6 Å². The van der Waals surface area contributed by atoms with Gasteiger partial charge < -0.3 is 5.73 Å². The molecule has 2 aromatic heterocycles. The van der Waals surface area contributed by atoms with Gasteiger partial charge in [0.15, 0.2) is 11.5 Å². The summed E-state index contributed by atoms with van der Waals surface area (Å²) in [5, 5.41) is 5.26. The number of halogens is 1. The minimum atomic E-state index is -0.102. The van der Waals surface area contributed by atoms with Crippen molar-refractivity contribution < 1.29 is 0 Å². The molecule has 0 aliphatic carbocycles. The molecule has 0 saturated heterocycles. The van der Waals surface area contributed by atoms with Gasteiger partial charge in [-0.3, -0.25) is 0 Å². The van der Waals surface area contributed by atoms with Gasteiger partial charge in [0.05, 0.1) is 10.9 Å². The molecular weight excluding hydrogens is 303 g/mol. The number of nitrogens with two attached hydrogens (primary N) is 1. The van der Waals surface area contributed by atoms with Gasteiger partial charge in [0.25, 0.3) is 0 Å². The summed E-state index contributed by atoms with van der Waals surface area (Å²) in [6.45, 7) is 6.25. The van der Waals surface area contributed by atoms with Crippen LogP contribution in [0.4, 0.5) is 5.82 Å². The van der Waals surface area contributed by atoms with E-state index in [-0.39, 0.29) is 5.54 Å². The lowest BCUT2D eigenvalue weighted by atomic mass is 10.1. The van der Waals surface area contributed by atoms with Crippen molar-refractivity contribution in [1.29, 1.82) is 0 Å². The van der Waals surface area contributed by atoms with E-state index < -0.39 is 0 Å². The molecule has 2 rings (SSSR count). The van der Waals surface area contributed by atoms with Gasteiger partial charge >= 0.3 is 0 Å². The highest BCUT2D eigenvalue weighted by atomic mass is 127. The summed E-state index contributed by atoms with van der Waals surface area (Å²) >= 11 is 2.22. The molecule has 2 heterocycles. The molecule has 0 saturated carbocycles. The molecule has 0 fully saturated rings. The highest BCUT2D eigenvalue weighted by molar-refractivity contribution is 14.1. The van der Waals surface area contributed by atoms with Crippen LogP contribution in [-0.4, -0.2) is 14.8 Å². The Morgan fingerprint density at radius 2 is 2.07 bits per heavy atom. The summed E-state index contributed by atoms with van der Waals surface area (Å²) in [5.74, 6) is 0.547. The maximum absolute atomic E-state index is 5.87. The minimum Gasteiger partial charge on any atom is -0.382 e. The Labute approximate surface area is 102 Å². The number of nitrogens with zero attached hydrogens (tertiary/aromatic N) is 3. The Hall–Kier alpha value is -0.850. The monoisotopic (exact) mass is 316 g/mol. The molecule has 0 bridgehead atoms. The molecule has 2 N–H and O–H groups in total. The van der Waals surface area contributed by atoms with Crippen molar-refractivity contribution in [3.63, 3.8) is 0 Å². The predicted octanol–water partition coefficient (Wildman–Crippen LogP) is 2.37. The van der Waals surface area contributed by atoms with Gasteiger partial charge in [0.1, 0.15) is 0 Å². The van der Waals surface area contributed by atoms with Crippen LogP contribution in [0.1, 0.15) is 20.8 Å². The van der Waals surface area contributed by atoms with Crippen molar-refractivity contribution in [3.8, 4) is 0 Å². The number of fused-ring (bicyclic) bond motifs is 1. The lowest BCUT2D eigenvalue weighted by Crippen LogP contribution is -2.23. The van der Waals surface area contributed by atoms with E-state index in [1.807, 2.05) is 16.9 Å². The molecule has 15 heavy (non-hydrogen) atoms. The van der Waals surface area contributed by atoms with Gasteiger partial charge in [0, 0.05) is 9.77 Å². The van der Waals surface area contributed by atoms with Crippen molar-refractivity contribution in [3.05, 3.63) is 15.8 Å². The zero-order chi connectivity index (χ0) is 11.2. The second-order valence-electron chi connectivity index (χ2n) is 4.49. The van der Waals surface area contributed by atoms with Crippen molar-refractivity contribution in [2.45, 2.75) is 26.3 Å². The van der Waals surface area contributed by atoms with Gasteiger partial charge in [-0.15, -0.1) is 0 Å². The summed E-state index contributed by atoms with van der Waals surface area (Å²) in [6.07, 6.45) is 1.83. The first-order valence-electron chi connectivity index (χ1n) is 4.70. The Morgan fingerprint density at radius 3 is 2.67 bits per heavy atom. The van der Waals surface area contributed by atoms with Crippen LogP contribution in [0.15, 0.2) is 12.3 Å². The zero-order valence-corrected chi connectivity index (χ0v) is 11.1. The van der Waals surface area contributed by atoms with Crippen LogP contribution in [0.25, 0.3) is 11.0 Å². The van der Waals surface area contributed by atoms with Crippen molar-refractivity contribution in [1.82, 2.24) is 14.8 Å². The lowest BCUT2D eigenvalue weighted by Gasteiger charge is -2.19. The average Bonchev–Trinajstić information content (AvgIpc) is 2.43. The second-order valence-corrected chi connectivity index (χ2v) is 5.74. The van der Waals surface area contributed by atoms with Crippen LogP contribution < -0.4 is 5.73 Å². The van der Waals surface area contributed by atoms with Crippen LogP contribution in [-0.2, 0) is 5.54 Å². The molecule has 0 aliphatic rings. The zero-order valence-electron chi connectivity index (χ0n) is 8.95. The quantitative estimate of drug-likeness (QED) is 0.759. The molecule has 0 amide bonds. The molecule has 0 radical (unpaired) electrons. The number of aromatic nitrogens is 3. The third-order valence-electron chi connectivity index (χ3n) is 2.15. The van der Waals surface area contributed by atoms with Crippen LogP contribution in [0.5, 0.6) is 0 Å². The van der Waals surface area contributed by atoms with Crippen LogP contribution in [0, 0.1) is 3.57 Å². The van der Waals surface area contributed by atoms with Gasteiger partial charge in [-0.05, 0) is 49.4 Å². The first-order valence-corrected chi connectivity index (χ1v) is 5.78. The number of hydrogen-bond donors (Lipinski definition) is 1. The van der Waals surface area contributed by atoms with E-state index in [1.54, 1.807) is 0 Å². The fourth-order valence-electron chi connectivity index (χ4n) is 1.47. The van der Waals surface area contributed by atoms with Gasteiger partial charge in [-0.1, -0.05) is 0 Å². The number of anilines is 1. The number of hydrogen-bond acceptors (Lipinski definition) is 3. The molecular formula is C10H13IN4. The number of pyridine rings is 1. The molecule has 0 atom stereocenters. The highest BCUT2D eigenvalue weighted by Crippen LogP contribution is 2.25. The second kappa shape index (κ2) is 3.33. The molecule has 0 aliphatic heterocycles. The Morgan fingerprint density at radius 1 is 1.40 bits per heavy atom. The molecule has 4 nitrogen and oxygen atoms in total. The van der Waals surface area contributed by atoms with Crippen molar-refractivity contribution in [2.75, 3.05) is 5.73 Å². The van der Waals surface area contributed by atoms with Crippen molar-refractivity contribution in [2.24, 2.45) is 0 Å². The molecule has 2 aromatic rings. The summed E-state index contributed by atoms with van der Waals surface area (Å²) < 4.78 is 2.94. The van der Waals surface area contributed by atoms with E-state index in [4.69, 9.17) is 5.73 Å². The molecule has 0 spiro atoms. The Bertz CT molecular complexity index is 510. The summed E-state index contributed by atoms with van der Waals surface area (Å²) in [5.41, 5.74) is 6.61. The average molecular weight is 316 g/mol. The maximum Gasteiger partial charge on any atom is 0.160 e. The molecule has 0 unspecified atom stereocenters. The minimum absolute atomic E-state index is 0.102. The van der Waals surface area contributed by atoms with E-state index in [0.717, 1.165) is 14.6 Å². The lowest BCUT2D eigenvalue weighted by molar-refractivity contribution is 0.367. The molecule has 0 aromatic carbocycles. The number of nitrogen functional groups attached to an aromatic ring is 1. The molecule has 80 valence electrons. The Kier molecular flexibility index (Phi) is 2.37. The van der Waals surface area contributed by atoms with Gasteiger partial charge in [-0.25, -0.2) is 9.67 Å². The molecule has 5 heteroatoms. The largest absolute Gasteiger partial charge is 0.382 e. The van der Waals surface area contributed by atoms with Crippen LogP contribution in [0.2, 0.25) is 0 Å². The third-order valence-corrected chi connectivity index (χ3v) is 2.74. The maximum atomic E-state index is 5.87. The first kappa shape index (κ1) is 10.7. The van der Waals surface area contributed by atoms with E-state index >= 15 is 0 Å². The van der Waals surface area contributed by atoms with Crippen LogP contribution in [0.3, 0.4) is 0 Å². The first-order chi connectivity index (χ1) is 6.89.